The molecule has 0 saturated carbocycles. The van der Waals surface area contributed by atoms with E-state index in [9.17, 15) is 4.79 Å². The average molecular weight is 305 g/mol. The smallest absolute Gasteiger partial charge is 0.347 e. The number of para-hydroxylation sites is 1. The SMILES string of the molecule is CCc1nc(CCCCOc2ccccc2)sc1C(=O)O. The van der Waals surface area contributed by atoms with Gasteiger partial charge in [-0.3, -0.25) is 0 Å². The normalized spacial score (nSPS) is 10.5. The van der Waals surface area contributed by atoms with Crippen molar-refractivity contribution in [3.05, 3.63) is 45.9 Å². The predicted octanol–water partition coefficient (Wildman–Crippen LogP) is 3.81. The summed E-state index contributed by atoms with van der Waals surface area (Å²) < 4.78 is 5.62. The molecule has 1 aromatic carbocycles. The van der Waals surface area contributed by atoms with Crippen molar-refractivity contribution in [2.75, 3.05) is 6.61 Å². The van der Waals surface area contributed by atoms with E-state index in [0.29, 0.717) is 23.6 Å². The number of benzene rings is 1. The number of hydrogen-bond donors (Lipinski definition) is 1. The van der Waals surface area contributed by atoms with Crippen molar-refractivity contribution in [1.29, 1.82) is 0 Å². The van der Waals surface area contributed by atoms with Gasteiger partial charge in [-0.05, 0) is 37.8 Å². The maximum atomic E-state index is 11.1. The van der Waals surface area contributed by atoms with Crippen molar-refractivity contribution in [2.45, 2.75) is 32.6 Å². The van der Waals surface area contributed by atoms with Crippen LogP contribution in [0.2, 0.25) is 0 Å². The summed E-state index contributed by atoms with van der Waals surface area (Å²) in [5.74, 6) is 0.0104. The van der Waals surface area contributed by atoms with Gasteiger partial charge in [0.15, 0.2) is 0 Å². The summed E-state index contributed by atoms with van der Waals surface area (Å²) in [5, 5.41) is 10.0. The largest absolute Gasteiger partial charge is 0.494 e. The summed E-state index contributed by atoms with van der Waals surface area (Å²) in [6.07, 6.45) is 3.35. The second kappa shape index (κ2) is 7.78. The van der Waals surface area contributed by atoms with E-state index < -0.39 is 5.97 Å². The highest BCUT2D eigenvalue weighted by molar-refractivity contribution is 7.13. The van der Waals surface area contributed by atoms with E-state index in [2.05, 4.69) is 4.98 Å². The molecule has 2 rings (SSSR count). The van der Waals surface area contributed by atoms with Crippen LogP contribution in [-0.4, -0.2) is 22.7 Å². The Kier molecular flexibility index (Phi) is 5.75. The molecule has 5 heteroatoms. The number of rotatable bonds is 8. The molecule has 21 heavy (non-hydrogen) atoms. The zero-order valence-corrected chi connectivity index (χ0v) is 12.9. The Morgan fingerprint density at radius 3 is 2.67 bits per heavy atom. The molecule has 0 aliphatic heterocycles. The molecule has 0 fully saturated rings. The minimum absolute atomic E-state index is 0.382. The molecular formula is C16H19NO3S. The van der Waals surface area contributed by atoms with Crippen molar-refractivity contribution in [1.82, 2.24) is 4.98 Å². The molecule has 0 spiro atoms. The van der Waals surface area contributed by atoms with Gasteiger partial charge in [0.2, 0.25) is 0 Å². The Hall–Kier alpha value is -1.88. The van der Waals surface area contributed by atoms with Gasteiger partial charge < -0.3 is 9.84 Å². The molecule has 0 amide bonds. The highest BCUT2D eigenvalue weighted by atomic mass is 32.1. The van der Waals surface area contributed by atoms with E-state index in [0.717, 1.165) is 30.0 Å². The molecule has 0 atom stereocenters. The Bertz CT molecular complexity index is 580. The highest BCUT2D eigenvalue weighted by Gasteiger charge is 2.15. The maximum absolute atomic E-state index is 11.1. The molecule has 0 radical (unpaired) electrons. The fourth-order valence-corrected chi connectivity index (χ4v) is 3.03. The second-order valence-electron chi connectivity index (χ2n) is 4.66. The summed E-state index contributed by atoms with van der Waals surface area (Å²) in [4.78, 5) is 15.9. The molecule has 4 nitrogen and oxygen atoms in total. The lowest BCUT2D eigenvalue weighted by atomic mass is 10.2. The number of thiazole rings is 1. The van der Waals surface area contributed by atoms with E-state index in [4.69, 9.17) is 9.84 Å². The number of aromatic carboxylic acids is 1. The molecule has 2 aromatic rings. The van der Waals surface area contributed by atoms with Gasteiger partial charge in [-0.15, -0.1) is 11.3 Å². The lowest BCUT2D eigenvalue weighted by Crippen LogP contribution is -1.98. The summed E-state index contributed by atoms with van der Waals surface area (Å²) in [6.45, 7) is 2.60. The lowest BCUT2D eigenvalue weighted by Gasteiger charge is -2.04. The number of carbonyl (C=O) groups is 1. The van der Waals surface area contributed by atoms with Crippen LogP contribution in [0.25, 0.3) is 0 Å². The van der Waals surface area contributed by atoms with Crippen LogP contribution < -0.4 is 4.74 Å². The predicted molar refractivity (Wildman–Crippen MR) is 83.3 cm³/mol. The number of carboxylic acids is 1. The van der Waals surface area contributed by atoms with Gasteiger partial charge in [0.05, 0.1) is 17.3 Å². The molecule has 1 heterocycles. The first-order valence-corrected chi connectivity index (χ1v) is 7.92. The molecule has 0 bridgehead atoms. The van der Waals surface area contributed by atoms with E-state index in [1.54, 1.807) is 0 Å². The number of aryl methyl sites for hydroxylation is 2. The molecule has 0 unspecified atom stereocenters. The number of carboxylic acid groups (broad SMARTS) is 1. The van der Waals surface area contributed by atoms with Crippen molar-refractivity contribution >= 4 is 17.3 Å². The fraction of sp³-hybridized carbons (Fsp3) is 0.375. The fourth-order valence-electron chi connectivity index (χ4n) is 2.00. The standard InChI is InChI=1S/C16H19NO3S/c1-2-13-15(16(18)19)21-14(17-13)10-6-7-11-20-12-8-4-3-5-9-12/h3-5,8-9H,2,6-7,10-11H2,1H3,(H,18,19). The van der Waals surface area contributed by atoms with Crippen molar-refractivity contribution in [2.24, 2.45) is 0 Å². The quantitative estimate of drug-likeness (QED) is 0.753. The minimum Gasteiger partial charge on any atom is -0.494 e. The molecule has 112 valence electrons. The molecule has 1 N–H and O–H groups in total. The Morgan fingerprint density at radius 1 is 1.29 bits per heavy atom. The van der Waals surface area contributed by atoms with E-state index in [1.807, 2.05) is 37.3 Å². The molecule has 1 aromatic heterocycles. The van der Waals surface area contributed by atoms with Crippen molar-refractivity contribution < 1.29 is 14.6 Å². The number of hydrogen-bond acceptors (Lipinski definition) is 4. The minimum atomic E-state index is -0.872. The van der Waals surface area contributed by atoms with Gasteiger partial charge in [-0.2, -0.15) is 0 Å². The Balaban J connectivity index is 1.75. The van der Waals surface area contributed by atoms with Gasteiger partial charge in [-0.25, -0.2) is 9.78 Å². The molecular weight excluding hydrogens is 286 g/mol. The summed E-state index contributed by atoms with van der Waals surface area (Å²) >= 11 is 1.30. The number of aromatic nitrogens is 1. The van der Waals surface area contributed by atoms with Crippen LogP contribution in [0.3, 0.4) is 0 Å². The van der Waals surface area contributed by atoms with Crippen LogP contribution >= 0.6 is 11.3 Å². The zero-order chi connectivity index (χ0) is 15.1. The van der Waals surface area contributed by atoms with E-state index >= 15 is 0 Å². The third-order valence-corrected chi connectivity index (χ3v) is 4.21. The summed E-state index contributed by atoms with van der Waals surface area (Å²) in [7, 11) is 0. The summed E-state index contributed by atoms with van der Waals surface area (Å²) in [5.41, 5.74) is 0.697. The van der Waals surface area contributed by atoms with Crippen LogP contribution in [-0.2, 0) is 12.8 Å². The van der Waals surface area contributed by atoms with Gasteiger partial charge in [0, 0.05) is 0 Å². The number of ether oxygens (including phenoxy) is 1. The summed E-state index contributed by atoms with van der Waals surface area (Å²) in [6, 6.07) is 9.73. The first-order valence-electron chi connectivity index (χ1n) is 7.10. The van der Waals surface area contributed by atoms with E-state index in [1.165, 1.54) is 11.3 Å². The van der Waals surface area contributed by atoms with Gasteiger partial charge in [0.25, 0.3) is 0 Å². The van der Waals surface area contributed by atoms with Crippen molar-refractivity contribution in [3.63, 3.8) is 0 Å². The monoisotopic (exact) mass is 305 g/mol. The molecule has 0 saturated heterocycles. The van der Waals surface area contributed by atoms with Crippen LogP contribution in [0.15, 0.2) is 30.3 Å². The first kappa shape index (κ1) is 15.5. The topological polar surface area (TPSA) is 59.4 Å². The molecule has 0 aliphatic carbocycles. The number of unbranched alkanes of at least 4 members (excludes halogenated alkanes) is 1. The third-order valence-electron chi connectivity index (χ3n) is 3.07. The first-order chi connectivity index (χ1) is 10.2. The molecule has 0 aliphatic rings. The van der Waals surface area contributed by atoms with Gasteiger partial charge in [0.1, 0.15) is 10.6 Å². The van der Waals surface area contributed by atoms with Gasteiger partial charge >= 0.3 is 5.97 Å². The zero-order valence-electron chi connectivity index (χ0n) is 12.0. The van der Waals surface area contributed by atoms with Crippen LogP contribution in [0.5, 0.6) is 5.75 Å². The van der Waals surface area contributed by atoms with Crippen LogP contribution in [0, 0.1) is 0 Å². The van der Waals surface area contributed by atoms with E-state index in [-0.39, 0.29) is 0 Å². The van der Waals surface area contributed by atoms with Gasteiger partial charge in [-0.1, -0.05) is 25.1 Å². The maximum Gasteiger partial charge on any atom is 0.347 e. The average Bonchev–Trinajstić information content (AvgIpc) is 2.91. The third kappa shape index (κ3) is 4.56. The Labute approximate surface area is 128 Å². The Morgan fingerprint density at radius 2 is 2.05 bits per heavy atom. The van der Waals surface area contributed by atoms with Crippen LogP contribution in [0.1, 0.15) is 40.1 Å². The second-order valence-corrected chi connectivity index (χ2v) is 5.74. The lowest BCUT2D eigenvalue weighted by molar-refractivity contribution is 0.0701. The highest BCUT2D eigenvalue weighted by Crippen LogP contribution is 2.21. The van der Waals surface area contributed by atoms with Crippen molar-refractivity contribution in [3.8, 4) is 5.75 Å². The van der Waals surface area contributed by atoms with Crippen LogP contribution in [0.4, 0.5) is 0 Å². The number of nitrogens with zero attached hydrogens (tertiary/aromatic N) is 1.